The van der Waals surface area contributed by atoms with Gasteiger partial charge in [-0.2, -0.15) is 0 Å². The number of rotatable bonds is 5. The Labute approximate surface area is 199 Å². The molecule has 1 fully saturated rings. The van der Waals surface area contributed by atoms with E-state index in [1.165, 1.54) is 11.1 Å². The Kier molecular flexibility index (Phi) is 5.55. The summed E-state index contributed by atoms with van der Waals surface area (Å²) in [4.78, 5) is 23.8. The molecule has 0 bridgehead atoms. The van der Waals surface area contributed by atoms with Crippen LogP contribution in [0.5, 0.6) is 0 Å². The second kappa shape index (κ2) is 8.99. The fourth-order valence-corrected chi connectivity index (χ4v) is 4.94. The van der Waals surface area contributed by atoms with Crippen molar-refractivity contribution >= 4 is 17.1 Å². The van der Waals surface area contributed by atoms with Crippen LogP contribution >= 0.6 is 0 Å². The van der Waals surface area contributed by atoms with Crippen LogP contribution in [0, 0.1) is 0 Å². The van der Waals surface area contributed by atoms with Crippen molar-refractivity contribution in [3.05, 3.63) is 89.3 Å². The number of amidine groups is 1. The fourth-order valence-electron chi connectivity index (χ4n) is 4.94. The van der Waals surface area contributed by atoms with Crippen molar-refractivity contribution in [2.75, 3.05) is 44.3 Å². The van der Waals surface area contributed by atoms with Crippen molar-refractivity contribution in [1.29, 1.82) is 0 Å². The molecule has 6 rings (SSSR count). The Morgan fingerprint density at radius 1 is 1.00 bits per heavy atom. The van der Waals surface area contributed by atoms with E-state index in [1.807, 2.05) is 24.7 Å². The maximum Gasteiger partial charge on any atom is 0.195 e. The Balaban J connectivity index is 1.26. The molecule has 0 unspecified atom stereocenters. The third kappa shape index (κ3) is 3.86. The van der Waals surface area contributed by atoms with Gasteiger partial charge in [0.1, 0.15) is 0 Å². The second-order valence-corrected chi connectivity index (χ2v) is 8.82. The summed E-state index contributed by atoms with van der Waals surface area (Å²) in [6.07, 6.45) is 8.91. The number of nitrogens with zero attached hydrogens (tertiary/aromatic N) is 6. The van der Waals surface area contributed by atoms with Gasteiger partial charge in [-0.25, -0.2) is 9.97 Å². The summed E-state index contributed by atoms with van der Waals surface area (Å²) < 4.78 is 5.50. The van der Waals surface area contributed by atoms with Crippen LogP contribution < -0.4 is 4.90 Å². The number of anilines is 1. The van der Waals surface area contributed by atoms with E-state index in [-0.39, 0.29) is 6.04 Å². The number of likely N-dealkylation sites (N-methyl/N-ethyl adjacent to an activating group) is 1. The summed E-state index contributed by atoms with van der Waals surface area (Å²) in [5.74, 6) is 1.56. The van der Waals surface area contributed by atoms with Gasteiger partial charge in [0, 0.05) is 56.1 Å². The summed E-state index contributed by atoms with van der Waals surface area (Å²) in [6.45, 7) is 7.21. The quantitative estimate of drug-likeness (QED) is 0.590. The van der Waals surface area contributed by atoms with Crippen LogP contribution in [0.15, 0.2) is 66.1 Å². The molecule has 2 aliphatic heterocycles. The molecule has 0 amide bonds. The van der Waals surface area contributed by atoms with Crippen molar-refractivity contribution in [3.63, 3.8) is 0 Å². The molecule has 2 aromatic heterocycles. The first-order valence-corrected chi connectivity index (χ1v) is 12.0. The molecule has 0 N–H and O–H groups in total. The number of hydrogen-bond acceptors (Lipinski definition) is 7. The van der Waals surface area contributed by atoms with Crippen LogP contribution in [-0.2, 0) is 11.2 Å². The van der Waals surface area contributed by atoms with Crippen LogP contribution in [0.1, 0.15) is 41.2 Å². The van der Waals surface area contributed by atoms with Crippen LogP contribution in [0.3, 0.4) is 0 Å². The molecule has 1 atom stereocenters. The van der Waals surface area contributed by atoms with E-state index in [0.717, 1.165) is 74.2 Å². The molecule has 3 aliphatic rings. The molecule has 7 nitrogen and oxygen atoms in total. The predicted molar refractivity (Wildman–Crippen MR) is 133 cm³/mol. The molecular weight excluding hydrogens is 424 g/mol. The van der Waals surface area contributed by atoms with Gasteiger partial charge in [-0.3, -0.25) is 9.98 Å². The average Bonchev–Trinajstić information content (AvgIpc) is 3.54. The molecule has 0 spiro atoms. The Morgan fingerprint density at radius 3 is 2.56 bits per heavy atom. The highest BCUT2D eigenvalue weighted by molar-refractivity contribution is 5.97. The molecular formula is C27H28N6O. The van der Waals surface area contributed by atoms with Gasteiger partial charge in [0.2, 0.25) is 0 Å². The number of pyridine rings is 1. The molecule has 3 aromatic rings. The number of aromatic nitrogens is 3. The van der Waals surface area contributed by atoms with E-state index in [1.54, 1.807) is 0 Å². The van der Waals surface area contributed by atoms with Gasteiger partial charge < -0.3 is 14.5 Å². The summed E-state index contributed by atoms with van der Waals surface area (Å²) in [5, 5.41) is 0. The molecule has 172 valence electrons. The summed E-state index contributed by atoms with van der Waals surface area (Å²) >= 11 is 0. The van der Waals surface area contributed by atoms with Gasteiger partial charge in [0.05, 0.1) is 36.8 Å². The lowest BCUT2D eigenvalue weighted by atomic mass is 10.0. The van der Waals surface area contributed by atoms with Crippen molar-refractivity contribution in [2.45, 2.75) is 19.4 Å². The normalized spacial score (nSPS) is 19.7. The van der Waals surface area contributed by atoms with Crippen LogP contribution in [0.25, 0.3) is 5.57 Å². The number of allylic oxidation sites excluding steroid dienone is 1. The summed E-state index contributed by atoms with van der Waals surface area (Å²) in [7, 11) is 0. The SMILES string of the molecule is CCN1C[C@H](c2ccccc2)N=C1c1ncc(C2=CCc3ncc(N4CCOCC4)cc32)cn1. The number of morpholine rings is 1. The number of benzene rings is 1. The largest absolute Gasteiger partial charge is 0.378 e. The number of aliphatic imine (C=N–C) groups is 1. The number of fused-ring (bicyclic) bond motifs is 1. The molecule has 0 radical (unpaired) electrons. The maximum absolute atomic E-state index is 5.50. The van der Waals surface area contributed by atoms with E-state index in [9.17, 15) is 0 Å². The Morgan fingerprint density at radius 2 is 1.79 bits per heavy atom. The van der Waals surface area contributed by atoms with Crippen LogP contribution in [-0.4, -0.2) is 65.1 Å². The lowest BCUT2D eigenvalue weighted by molar-refractivity contribution is 0.122. The van der Waals surface area contributed by atoms with E-state index in [2.05, 4.69) is 53.1 Å². The predicted octanol–water partition coefficient (Wildman–Crippen LogP) is 3.52. The highest BCUT2D eigenvalue weighted by Crippen LogP contribution is 2.34. The standard InChI is InChI=1S/C27H28N6O/c1-2-32-18-25(19-6-4-3-5-7-19)31-27(32)26-29-15-20(16-30-26)22-8-9-24-23(22)14-21(17-28-24)33-10-12-34-13-11-33/h3-8,14-17,25H,2,9-13,18H2,1H3/t25-/m1/s1. The highest BCUT2D eigenvalue weighted by Gasteiger charge is 2.28. The third-order valence-corrected chi connectivity index (χ3v) is 6.82. The highest BCUT2D eigenvalue weighted by atomic mass is 16.5. The van der Waals surface area contributed by atoms with E-state index >= 15 is 0 Å². The first-order valence-electron chi connectivity index (χ1n) is 12.0. The fraction of sp³-hybridized carbons (Fsp3) is 0.333. The van der Waals surface area contributed by atoms with Crippen molar-refractivity contribution in [2.24, 2.45) is 4.99 Å². The maximum atomic E-state index is 5.50. The molecule has 1 aromatic carbocycles. The summed E-state index contributed by atoms with van der Waals surface area (Å²) in [5.41, 5.74) is 6.84. The Hall–Kier alpha value is -3.58. The molecule has 7 heteroatoms. The van der Waals surface area contributed by atoms with Crippen molar-refractivity contribution in [1.82, 2.24) is 19.9 Å². The zero-order valence-electron chi connectivity index (χ0n) is 19.4. The third-order valence-electron chi connectivity index (χ3n) is 6.82. The van der Waals surface area contributed by atoms with Gasteiger partial charge in [0.15, 0.2) is 11.7 Å². The summed E-state index contributed by atoms with van der Waals surface area (Å²) in [6, 6.07) is 12.8. The smallest absolute Gasteiger partial charge is 0.195 e. The molecule has 34 heavy (non-hydrogen) atoms. The minimum atomic E-state index is 0.119. The van der Waals surface area contributed by atoms with Gasteiger partial charge >= 0.3 is 0 Å². The Bertz CT molecular complexity index is 1230. The van der Waals surface area contributed by atoms with Gasteiger partial charge in [-0.1, -0.05) is 36.4 Å². The number of hydrogen-bond donors (Lipinski definition) is 0. The minimum Gasteiger partial charge on any atom is -0.378 e. The molecule has 4 heterocycles. The second-order valence-electron chi connectivity index (χ2n) is 8.82. The topological polar surface area (TPSA) is 66.7 Å². The van der Waals surface area contributed by atoms with Gasteiger partial charge in [-0.15, -0.1) is 0 Å². The monoisotopic (exact) mass is 452 g/mol. The first-order chi connectivity index (χ1) is 16.8. The van der Waals surface area contributed by atoms with E-state index < -0.39 is 0 Å². The van der Waals surface area contributed by atoms with Crippen molar-refractivity contribution in [3.8, 4) is 0 Å². The first kappa shape index (κ1) is 21.0. The lowest BCUT2D eigenvalue weighted by Gasteiger charge is -2.29. The lowest BCUT2D eigenvalue weighted by Crippen LogP contribution is -2.36. The zero-order valence-corrected chi connectivity index (χ0v) is 19.4. The molecule has 0 saturated carbocycles. The van der Waals surface area contributed by atoms with Crippen LogP contribution in [0.2, 0.25) is 0 Å². The van der Waals surface area contributed by atoms with Crippen LogP contribution in [0.4, 0.5) is 5.69 Å². The average molecular weight is 453 g/mol. The number of ether oxygens (including phenoxy) is 1. The zero-order chi connectivity index (χ0) is 22.9. The minimum absolute atomic E-state index is 0.119. The van der Waals surface area contributed by atoms with E-state index in [0.29, 0.717) is 5.82 Å². The molecule has 1 aliphatic carbocycles. The van der Waals surface area contributed by atoms with Crippen molar-refractivity contribution < 1.29 is 4.74 Å². The van der Waals surface area contributed by atoms with Gasteiger partial charge in [-0.05, 0) is 24.1 Å². The van der Waals surface area contributed by atoms with E-state index in [4.69, 9.17) is 24.7 Å². The molecule has 1 saturated heterocycles. The van der Waals surface area contributed by atoms with Gasteiger partial charge in [0.25, 0.3) is 0 Å².